The molecule has 0 atom stereocenters. The van der Waals surface area contributed by atoms with Crippen LogP contribution in [0.4, 0.5) is 0 Å². The third-order valence-electron chi connectivity index (χ3n) is 1.44. The Morgan fingerprint density at radius 1 is 1.46 bits per heavy atom. The van der Waals surface area contributed by atoms with E-state index in [0.717, 1.165) is 0 Å². The summed E-state index contributed by atoms with van der Waals surface area (Å²) in [4.78, 5) is 1.26. The Morgan fingerprint density at radius 3 is 2.77 bits per heavy atom. The summed E-state index contributed by atoms with van der Waals surface area (Å²) in [6, 6.07) is 11.3. The number of unbranched alkanes of at least 4 members (excludes halogenated alkanes) is 1. The normalized spacial score (nSPS) is 8.92. The van der Waals surface area contributed by atoms with Crippen molar-refractivity contribution in [3.63, 3.8) is 0 Å². The van der Waals surface area contributed by atoms with Gasteiger partial charge in [0.05, 0.1) is 0 Å². The number of hydrogen-bond acceptors (Lipinski definition) is 1. The molecule has 1 rings (SSSR count). The molecule has 0 nitrogen and oxygen atoms in total. The Kier molecular flexibility index (Phi) is 11.3. The van der Waals surface area contributed by atoms with Crippen LogP contribution in [0.3, 0.4) is 0 Å². The van der Waals surface area contributed by atoms with Crippen LogP contribution in [0.5, 0.6) is 0 Å². The second kappa shape index (κ2) is 10.8. The van der Waals surface area contributed by atoms with E-state index in [1.165, 1.54) is 39.8 Å². The van der Waals surface area contributed by atoms with Crippen LogP contribution in [0.15, 0.2) is 29.2 Å². The fraction of sp³-hybridized carbons (Fsp3) is 0.400. The Labute approximate surface area is 102 Å². The maximum atomic E-state index is 3.19. The first-order valence-corrected chi connectivity index (χ1v) is 12.2. The first-order valence-electron chi connectivity index (χ1n) is 4.29. The first kappa shape index (κ1) is 13.7. The van der Waals surface area contributed by atoms with Gasteiger partial charge in [-0.3, -0.25) is 0 Å². The molecule has 0 heterocycles. The van der Waals surface area contributed by atoms with Gasteiger partial charge in [-0.15, -0.1) is 4.90 Å². The Morgan fingerprint density at radius 2 is 2.23 bits per heavy atom. The number of halogens is 1. The van der Waals surface area contributed by atoms with Crippen molar-refractivity contribution in [2.75, 3.05) is 5.75 Å². The van der Waals surface area contributed by atoms with E-state index >= 15 is 0 Å². The molecule has 0 aliphatic rings. The second-order valence-corrected chi connectivity index (χ2v) is 3.57. The standard InChI is InChI=1S/C10H13S.BrH.Zn/c1-2-3-9-11-10-7-5-4-6-8-10;;/h4-7H,2-3,9H2,1H3;1H;/q-1;;+2/p-1. The summed E-state index contributed by atoms with van der Waals surface area (Å²) >= 11 is 6.14. The quantitative estimate of drug-likeness (QED) is 0.347. The van der Waals surface area contributed by atoms with Crippen molar-refractivity contribution in [2.24, 2.45) is 0 Å². The molecule has 13 heavy (non-hydrogen) atoms. The molecule has 0 amide bonds. The minimum absolute atomic E-state index is 1.19. The molecule has 68 valence electrons. The SMILES string of the molecule is CCCCSc1[c-]cccc1.[Zn+][Br]. The number of benzene rings is 1. The zero-order chi connectivity index (χ0) is 9.94. The summed E-state index contributed by atoms with van der Waals surface area (Å²) in [6.45, 7) is 2.22. The average molecular weight is 311 g/mol. The van der Waals surface area contributed by atoms with E-state index in [4.69, 9.17) is 0 Å². The molecule has 0 spiro atoms. The predicted molar refractivity (Wildman–Crippen MR) is 59.8 cm³/mol. The first-order chi connectivity index (χ1) is 6.43. The predicted octanol–water partition coefficient (Wildman–Crippen LogP) is 4.22. The fourth-order valence-electron chi connectivity index (χ4n) is 0.793. The van der Waals surface area contributed by atoms with Crippen molar-refractivity contribution in [1.29, 1.82) is 0 Å². The van der Waals surface area contributed by atoms with E-state index in [1.54, 1.807) is 0 Å². The van der Waals surface area contributed by atoms with E-state index in [2.05, 4.69) is 38.7 Å². The molecule has 0 saturated heterocycles. The van der Waals surface area contributed by atoms with Crippen molar-refractivity contribution < 1.29 is 16.3 Å². The van der Waals surface area contributed by atoms with E-state index < -0.39 is 0 Å². The zero-order valence-corrected chi connectivity index (χ0v) is 13.3. The third kappa shape index (κ3) is 7.72. The molecule has 1 aromatic rings. The fourth-order valence-corrected chi connectivity index (χ4v) is 1.77. The summed E-state index contributed by atoms with van der Waals surface area (Å²) < 4.78 is 0. The van der Waals surface area contributed by atoms with Gasteiger partial charge < -0.3 is 0 Å². The second-order valence-electron chi connectivity index (χ2n) is 2.43. The zero-order valence-electron chi connectivity index (χ0n) is 7.92. The summed E-state index contributed by atoms with van der Waals surface area (Å²) in [6.07, 6.45) is 2.58. The van der Waals surface area contributed by atoms with Crippen molar-refractivity contribution >= 4 is 25.4 Å². The van der Waals surface area contributed by atoms with Crippen LogP contribution in [0.1, 0.15) is 19.8 Å². The van der Waals surface area contributed by atoms with Gasteiger partial charge in [0.1, 0.15) is 0 Å². The van der Waals surface area contributed by atoms with Gasteiger partial charge >= 0.3 is 30.0 Å². The van der Waals surface area contributed by atoms with Gasteiger partial charge in [0, 0.05) is 0 Å². The van der Waals surface area contributed by atoms with Gasteiger partial charge in [0.15, 0.2) is 0 Å². The maximum absolute atomic E-state index is 3.19. The van der Waals surface area contributed by atoms with Gasteiger partial charge in [-0.2, -0.15) is 42.1 Å². The van der Waals surface area contributed by atoms with Crippen molar-refractivity contribution in [1.82, 2.24) is 0 Å². The van der Waals surface area contributed by atoms with E-state index in [-0.39, 0.29) is 0 Å². The van der Waals surface area contributed by atoms with Gasteiger partial charge in [-0.25, -0.2) is 0 Å². The molecular weight excluding hydrogens is 297 g/mol. The number of thioether (sulfide) groups is 1. The molecule has 0 unspecified atom stereocenters. The minimum atomic E-state index is 1.19. The molecule has 0 aliphatic carbocycles. The number of rotatable bonds is 4. The molecule has 0 saturated carbocycles. The molecule has 0 N–H and O–H groups in total. The third-order valence-corrected chi connectivity index (χ3v) is 2.49. The average Bonchev–Trinajstić information content (AvgIpc) is 2.23. The van der Waals surface area contributed by atoms with Crippen molar-refractivity contribution in [3.8, 4) is 0 Å². The van der Waals surface area contributed by atoms with E-state index in [0.29, 0.717) is 0 Å². The Balaban J connectivity index is 0.000000671. The Hall–Kier alpha value is 0.673. The van der Waals surface area contributed by atoms with Gasteiger partial charge in [0.25, 0.3) is 0 Å². The van der Waals surface area contributed by atoms with E-state index in [9.17, 15) is 0 Å². The van der Waals surface area contributed by atoms with Crippen LogP contribution >= 0.6 is 25.4 Å². The molecule has 3 heteroatoms. The molecule has 0 bridgehead atoms. The van der Waals surface area contributed by atoms with Crippen LogP contribution in [-0.2, 0) is 16.3 Å². The van der Waals surface area contributed by atoms with Crippen molar-refractivity contribution in [3.05, 3.63) is 30.3 Å². The van der Waals surface area contributed by atoms with Crippen LogP contribution in [0, 0.1) is 6.07 Å². The summed E-state index contributed by atoms with van der Waals surface area (Å²) in [5, 5.41) is 0. The monoisotopic (exact) mass is 308 g/mol. The van der Waals surface area contributed by atoms with Gasteiger partial charge in [-0.05, 0) is 12.2 Å². The van der Waals surface area contributed by atoms with E-state index in [1.807, 2.05) is 23.9 Å². The summed E-state index contributed by atoms with van der Waals surface area (Å²) in [5.74, 6) is 1.22. The molecular formula is C10H13BrSZn. The summed E-state index contributed by atoms with van der Waals surface area (Å²) in [5.41, 5.74) is 0. The number of hydrogen-bond donors (Lipinski definition) is 0. The van der Waals surface area contributed by atoms with Gasteiger partial charge in [-0.1, -0.05) is 13.3 Å². The molecule has 0 radical (unpaired) electrons. The summed E-state index contributed by atoms with van der Waals surface area (Å²) in [7, 11) is 0. The van der Waals surface area contributed by atoms with Crippen LogP contribution in [0.25, 0.3) is 0 Å². The van der Waals surface area contributed by atoms with Crippen LogP contribution < -0.4 is 0 Å². The molecule has 0 aliphatic heterocycles. The molecule has 1 aromatic carbocycles. The van der Waals surface area contributed by atoms with Crippen LogP contribution in [0.2, 0.25) is 0 Å². The molecule has 0 fully saturated rings. The van der Waals surface area contributed by atoms with Crippen molar-refractivity contribution in [2.45, 2.75) is 24.7 Å². The topological polar surface area (TPSA) is 0 Å². The van der Waals surface area contributed by atoms with Crippen LogP contribution in [-0.4, -0.2) is 5.75 Å². The Bertz CT molecular complexity index is 191. The van der Waals surface area contributed by atoms with Gasteiger partial charge in [0.2, 0.25) is 0 Å². The molecule has 0 aromatic heterocycles.